The summed E-state index contributed by atoms with van der Waals surface area (Å²) < 4.78 is 13.5. The van der Waals surface area contributed by atoms with E-state index in [-0.39, 0.29) is 5.82 Å². The Labute approximate surface area is 100 Å². The van der Waals surface area contributed by atoms with Gasteiger partial charge in [-0.2, -0.15) is 0 Å². The maximum atomic E-state index is 13.5. The molecule has 0 amide bonds. The first-order valence-electron chi connectivity index (χ1n) is 5.74. The molecule has 1 aromatic rings. The Kier molecular flexibility index (Phi) is 3.64. The van der Waals surface area contributed by atoms with Crippen LogP contribution in [0.4, 0.5) is 10.2 Å². The van der Waals surface area contributed by atoms with Crippen LogP contribution in [0.3, 0.4) is 0 Å². The van der Waals surface area contributed by atoms with E-state index in [2.05, 4.69) is 17.2 Å². The summed E-state index contributed by atoms with van der Waals surface area (Å²) in [6.45, 7) is 2.20. The number of rotatable bonds is 2. The second-order valence-electron chi connectivity index (χ2n) is 4.50. The summed E-state index contributed by atoms with van der Waals surface area (Å²) >= 11 is 5.66. The standard InChI is InChI=1S/C12H16ClFN2/c1-8-4-2-3-5-11(8)16-12-10(14)6-9(13)7-15-12/h6-8,11H,2-5H2,1H3,(H,15,16). The van der Waals surface area contributed by atoms with Gasteiger partial charge in [0, 0.05) is 12.2 Å². The quantitative estimate of drug-likeness (QED) is 0.852. The number of nitrogens with one attached hydrogen (secondary N) is 1. The SMILES string of the molecule is CC1CCCCC1Nc1ncc(Cl)cc1F. The summed E-state index contributed by atoms with van der Waals surface area (Å²) in [6.07, 6.45) is 6.24. The molecule has 0 bridgehead atoms. The van der Waals surface area contributed by atoms with Gasteiger partial charge in [-0.3, -0.25) is 0 Å². The van der Waals surface area contributed by atoms with Crippen molar-refractivity contribution >= 4 is 17.4 Å². The first-order valence-corrected chi connectivity index (χ1v) is 6.12. The zero-order valence-electron chi connectivity index (χ0n) is 9.34. The number of aromatic nitrogens is 1. The van der Waals surface area contributed by atoms with E-state index in [1.807, 2.05) is 0 Å². The summed E-state index contributed by atoms with van der Waals surface area (Å²) in [7, 11) is 0. The molecule has 1 aliphatic rings. The fourth-order valence-electron chi connectivity index (χ4n) is 2.23. The van der Waals surface area contributed by atoms with Gasteiger partial charge in [0.05, 0.1) is 5.02 Å². The second-order valence-corrected chi connectivity index (χ2v) is 4.93. The number of pyridine rings is 1. The minimum atomic E-state index is -0.370. The molecule has 88 valence electrons. The molecule has 1 fully saturated rings. The van der Waals surface area contributed by atoms with Crippen LogP contribution in [0.25, 0.3) is 0 Å². The average molecular weight is 243 g/mol. The van der Waals surface area contributed by atoms with Gasteiger partial charge in [-0.25, -0.2) is 9.37 Å². The third-order valence-electron chi connectivity index (χ3n) is 3.24. The van der Waals surface area contributed by atoms with Crippen molar-refractivity contribution in [1.29, 1.82) is 0 Å². The van der Waals surface area contributed by atoms with Crippen molar-refractivity contribution in [2.75, 3.05) is 5.32 Å². The normalized spacial score (nSPS) is 25.4. The summed E-state index contributed by atoms with van der Waals surface area (Å²) in [4.78, 5) is 3.99. The first kappa shape index (κ1) is 11.6. The lowest BCUT2D eigenvalue weighted by atomic mass is 9.86. The van der Waals surface area contributed by atoms with Gasteiger partial charge in [-0.1, -0.05) is 31.4 Å². The molecule has 1 N–H and O–H groups in total. The Hall–Kier alpha value is -0.830. The van der Waals surface area contributed by atoms with Crippen molar-refractivity contribution in [1.82, 2.24) is 4.98 Å². The molecule has 0 radical (unpaired) electrons. The van der Waals surface area contributed by atoms with Crippen molar-refractivity contribution in [3.63, 3.8) is 0 Å². The van der Waals surface area contributed by atoms with Crippen LogP contribution in [-0.4, -0.2) is 11.0 Å². The molecule has 0 saturated heterocycles. The Morgan fingerprint density at radius 1 is 1.44 bits per heavy atom. The predicted molar refractivity (Wildman–Crippen MR) is 64.2 cm³/mol. The zero-order chi connectivity index (χ0) is 11.5. The molecule has 1 aromatic heterocycles. The van der Waals surface area contributed by atoms with Crippen LogP contribution in [0.5, 0.6) is 0 Å². The molecule has 1 saturated carbocycles. The van der Waals surface area contributed by atoms with E-state index in [1.54, 1.807) is 0 Å². The van der Waals surface area contributed by atoms with Crippen LogP contribution in [0, 0.1) is 11.7 Å². The Balaban J connectivity index is 2.07. The van der Waals surface area contributed by atoms with Crippen molar-refractivity contribution in [3.05, 3.63) is 23.1 Å². The highest BCUT2D eigenvalue weighted by molar-refractivity contribution is 6.30. The van der Waals surface area contributed by atoms with Gasteiger partial charge in [-0.05, 0) is 24.8 Å². The van der Waals surface area contributed by atoms with Gasteiger partial charge >= 0.3 is 0 Å². The van der Waals surface area contributed by atoms with Gasteiger partial charge in [-0.15, -0.1) is 0 Å². The highest BCUT2D eigenvalue weighted by Gasteiger charge is 2.22. The summed E-state index contributed by atoms with van der Waals surface area (Å²) in [5.41, 5.74) is 0. The molecule has 2 unspecified atom stereocenters. The summed E-state index contributed by atoms with van der Waals surface area (Å²) in [5.74, 6) is 0.527. The van der Waals surface area contributed by atoms with Crippen molar-refractivity contribution < 1.29 is 4.39 Å². The van der Waals surface area contributed by atoms with Crippen LogP contribution in [0.2, 0.25) is 5.02 Å². The molecule has 0 spiro atoms. The molecule has 0 aromatic carbocycles. The highest BCUT2D eigenvalue weighted by atomic mass is 35.5. The summed E-state index contributed by atoms with van der Waals surface area (Å²) in [6, 6.07) is 1.63. The lowest BCUT2D eigenvalue weighted by Gasteiger charge is -2.29. The zero-order valence-corrected chi connectivity index (χ0v) is 10.1. The molecule has 0 aliphatic heterocycles. The van der Waals surface area contributed by atoms with E-state index in [9.17, 15) is 4.39 Å². The van der Waals surface area contributed by atoms with Crippen molar-refractivity contribution in [2.45, 2.75) is 38.6 Å². The minimum absolute atomic E-state index is 0.322. The Bertz CT molecular complexity index is 370. The number of hydrogen-bond donors (Lipinski definition) is 1. The van der Waals surface area contributed by atoms with Crippen LogP contribution < -0.4 is 5.32 Å². The van der Waals surface area contributed by atoms with E-state index in [0.717, 1.165) is 6.42 Å². The molecule has 2 atom stereocenters. The predicted octanol–water partition coefficient (Wildman–Crippen LogP) is 3.86. The lowest BCUT2D eigenvalue weighted by molar-refractivity contribution is 0.348. The average Bonchev–Trinajstić information content (AvgIpc) is 2.25. The number of nitrogens with zero attached hydrogens (tertiary/aromatic N) is 1. The van der Waals surface area contributed by atoms with E-state index in [1.165, 1.54) is 31.5 Å². The molecule has 2 nitrogen and oxygen atoms in total. The first-order chi connectivity index (χ1) is 7.66. The molecule has 1 aliphatic carbocycles. The van der Waals surface area contributed by atoms with Gasteiger partial charge < -0.3 is 5.32 Å². The Morgan fingerprint density at radius 2 is 2.19 bits per heavy atom. The van der Waals surface area contributed by atoms with Crippen molar-refractivity contribution in [2.24, 2.45) is 5.92 Å². The lowest BCUT2D eigenvalue weighted by Crippen LogP contribution is -2.31. The van der Waals surface area contributed by atoms with Crippen LogP contribution in [-0.2, 0) is 0 Å². The number of halogens is 2. The van der Waals surface area contributed by atoms with Gasteiger partial charge in [0.2, 0.25) is 0 Å². The molecule has 16 heavy (non-hydrogen) atoms. The molecule has 2 rings (SSSR count). The van der Waals surface area contributed by atoms with Crippen LogP contribution in [0.15, 0.2) is 12.3 Å². The smallest absolute Gasteiger partial charge is 0.166 e. The van der Waals surface area contributed by atoms with E-state index < -0.39 is 0 Å². The van der Waals surface area contributed by atoms with E-state index >= 15 is 0 Å². The van der Waals surface area contributed by atoms with Gasteiger partial charge in [0.1, 0.15) is 0 Å². The molecule has 4 heteroatoms. The Morgan fingerprint density at radius 3 is 2.88 bits per heavy atom. The molecular formula is C12H16ClFN2. The molecular weight excluding hydrogens is 227 g/mol. The van der Waals surface area contributed by atoms with Crippen molar-refractivity contribution in [3.8, 4) is 0 Å². The fourth-order valence-corrected chi connectivity index (χ4v) is 2.37. The number of hydrogen-bond acceptors (Lipinski definition) is 2. The molecule has 1 heterocycles. The third-order valence-corrected chi connectivity index (χ3v) is 3.45. The maximum absolute atomic E-state index is 13.5. The minimum Gasteiger partial charge on any atom is -0.365 e. The van der Waals surface area contributed by atoms with E-state index in [4.69, 9.17) is 11.6 Å². The van der Waals surface area contributed by atoms with E-state index in [0.29, 0.717) is 22.8 Å². The number of anilines is 1. The maximum Gasteiger partial charge on any atom is 0.166 e. The van der Waals surface area contributed by atoms with Gasteiger partial charge in [0.15, 0.2) is 11.6 Å². The summed E-state index contributed by atoms with van der Waals surface area (Å²) in [5, 5.41) is 3.51. The highest BCUT2D eigenvalue weighted by Crippen LogP contribution is 2.27. The van der Waals surface area contributed by atoms with Crippen LogP contribution >= 0.6 is 11.6 Å². The largest absolute Gasteiger partial charge is 0.365 e. The monoisotopic (exact) mass is 242 g/mol. The van der Waals surface area contributed by atoms with Crippen LogP contribution in [0.1, 0.15) is 32.6 Å². The fraction of sp³-hybridized carbons (Fsp3) is 0.583. The third kappa shape index (κ3) is 2.64. The second kappa shape index (κ2) is 5.00. The van der Waals surface area contributed by atoms with Gasteiger partial charge in [0.25, 0.3) is 0 Å². The topological polar surface area (TPSA) is 24.9 Å².